The average Bonchev–Trinajstić information content (AvgIpc) is 2.49. The van der Waals surface area contributed by atoms with Gasteiger partial charge in [0.25, 0.3) is 0 Å². The zero-order valence-electron chi connectivity index (χ0n) is 11.9. The number of phenolic OH excluding ortho intramolecular Hbond substituents is 2. The fraction of sp³-hybridized carbons (Fsp3) is 0.0588. The second-order valence-electron chi connectivity index (χ2n) is 4.92. The molecule has 0 fully saturated rings. The number of benzene rings is 3. The van der Waals surface area contributed by atoms with E-state index in [1.54, 1.807) is 12.1 Å². The van der Waals surface area contributed by atoms with Crippen molar-refractivity contribution < 1.29 is 14.9 Å². The quantitative estimate of drug-likeness (QED) is 0.541. The summed E-state index contributed by atoms with van der Waals surface area (Å²) in [5, 5.41) is 22.7. The maximum absolute atomic E-state index is 10.4. The van der Waals surface area contributed by atoms with Gasteiger partial charge in [0, 0.05) is 16.1 Å². The lowest BCUT2D eigenvalue weighted by molar-refractivity contribution is 0.413. The average molecular weight is 414 g/mol. The molecule has 0 atom stereocenters. The molecule has 23 heavy (non-hydrogen) atoms. The van der Waals surface area contributed by atoms with Gasteiger partial charge in [-0.2, -0.15) is 0 Å². The number of aromatic hydroxyl groups is 2. The molecule has 0 aliphatic rings. The smallest absolute Gasteiger partial charge is 0.156 e. The van der Waals surface area contributed by atoms with Crippen LogP contribution in [0.15, 0.2) is 40.9 Å². The Morgan fingerprint density at radius 2 is 1.70 bits per heavy atom. The maximum atomic E-state index is 10.4. The summed E-state index contributed by atoms with van der Waals surface area (Å²) in [4.78, 5) is 0. The standard InChI is InChI=1S/C17H11BrCl2O3/c1-23-17-11(19)7-13(22)15(16(17)20)14-10-4-3-9(18)6-8(10)2-5-12(14)21/h2-7,21-22H,1H3. The first-order valence-electron chi connectivity index (χ1n) is 6.60. The molecule has 3 nitrogen and oxygen atoms in total. The lowest BCUT2D eigenvalue weighted by atomic mass is 9.96. The normalized spacial score (nSPS) is 11.0. The van der Waals surface area contributed by atoms with Crippen molar-refractivity contribution in [3.63, 3.8) is 0 Å². The molecule has 0 radical (unpaired) electrons. The Morgan fingerprint density at radius 3 is 2.39 bits per heavy atom. The van der Waals surface area contributed by atoms with Gasteiger partial charge in [0.2, 0.25) is 0 Å². The topological polar surface area (TPSA) is 49.7 Å². The van der Waals surface area contributed by atoms with Gasteiger partial charge in [-0.05, 0) is 29.0 Å². The number of rotatable bonds is 2. The number of methoxy groups -OCH3 is 1. The summed E-state index contributed by atoms with van der Waals surface area (Å²) < 4.78 is 6.11. The van der Waals surface area contributed by atoms with Crippen LogP contribution >= 0.6 is 39.1 Å². The molecule has 6 heteroatoms. The molecule has 3 aromatic rings. The summed E-state index contributed by atoms with van der Waals surface area (Å²) in [5.74, 6) is 0.113. The van der Waals surface area contributed by atoms with Crippen molar-refractivity contribution in [1.82, 2.24) is 0 Å². The van der Waals surface area contributed by atoms with E-state index in [2.05, 4.69) is 15.9 Å². The number of hydrogen-bond donors (Lipinski definition) is 2. The summed E-state index contributed by atoms with van der Waals surface area (Å²) in [6, 6.07) is 10.3. The van der Waals surface area contributed by atoms with E-state index in [9.17, 15) is 10.2 Å². The van der Waals surface area contributed by atoms with Crippen molar-refractivity contribution in [1.29, 1.82) is 0 Å². The predicted octanol–water partition coefficient (Wildman–Crippen LogP) is 6.00. The van der Waals surface area contributed by atoms with Crippen LogP contribution in [0.3, 0.4) is 0 Å². The van der Waals surface area contributed by atoms with E-state index in [0.29, 0.717) is 5.56 Å². The van der Waals surface area contributed by atoms with Gasteiger partial charge < -0.3 is 14.9 Å². The highest BCUT2D eigenvalue weighted by atomic mass is 79.9. The third-order valence-electron chi connectivity index (χ3n) is 3.57. The van der Waals surface area contributed by atoms with Crippen LogP contribution < -0.4 is 4.74 Å². The second-order valence-corrected chi connectivity index (χ2v) is 6.63. The molecule has 0 unspecified atom stereocenters. The van der Waals surface area contributed by atoms with Crippen LogP contribution in [0.5, 0.6) is 17.2 Å². The Morgan fingerprint density at radius 1 is 0.957 bits per heavy atom. The minimum absolute atomic E-state index is 0.00129. The number of hydrogen-bond acceptors (Lipinski definition) is 3. The molecule has 0 aliphatic carbocycles. The molecule has 0 spiro atoms. The zero-order valence-corrected chi connectivity index (χ0v) is 15.0. The summed E-state index contributed by atoms with van der Waals surface area (Å²) in [6.45, 7) is 0. The van der Waals surface area contributed by atoms with Crippen LogP contribution in [0.25, 0.3) is 21.9 Å². The van der Waals surface area contributed by atoms with E-state index in [1.165, 1.54) is 13.2 Å². The Bertz CT molecular complexity index is 926. The van der Waals surface area contributed by atoms with Gasteiger partial charge in [0.15, 0.2) is 5.75 Å². The number of halogens is 3. The van der Waals surface area contributed by atoms with Gasteiger partial charge in [-0.3, -0.25) is 0 Å². The first-order valence-corrected chi connectivity index (χ1v) is 8.15. The molecule has 118 valence electrons. The van der Waals surface area contributed by atoms with Crippen molar-refractivity contribution in [2.45, 2.75) is 0 Å². The first kappa shape index (κ1) is 16.2. The van der Waals surface area contributed by atoms with E-state index in [4.69, 9.17) is 27.9 Å². The molecular formula is C17H11BrCl2O3. The van der Waals surface area contributed by atoms with Crippen LogP contribution in [0, 0.1) is 0 Å². The molecule has 0 saturated heterocycles. The van der Waals surface area contributed by atoms with Crippen molar-refractivity contribution in [2.24, 2.45) is 0 Å². The molecule has 2 N–H and O–H groups in total. The number of phenols is 2. The minimum Gasteiger partial charge on any atom is -0.507 e. The lowest BCUT2D eigenvalue weighted by Crippen LogP contribution is -1.91. The zero-order chi connectivity index (χ0) is 16.7. The van der Waals surface area contributed by atoms with Gasteiger partial charge in [-0.25, -0.2) is 0 Å². The fourth-order valence-electron chi connectivity index (χ4n) is 2.57. The SMILES string of the molecule is COc1c(Cl)cc(O)c(-c2c(O)ccc3cc(Br)ccc23)c1Cl. The van der Waals surface area contributed by atoms with Crippen LogP contribution in [0.1, 0.15) is 0 Å². The van der Waals surface area contributed by atoms with Crippen molar-refractivity contribution in [3.05, 3.63) is 50.9 Å². The Balaban J connectivity index is 2.44. The summed E-state index contributed by atoms with van der Waals surface area (Å²) in [7, 11) is 1.44. The first-order chi connectivity index (χ1) is 10.9. The number of fused-ring (bicyclic) bond motifs is 1. The molecule has 0 aromatic heterocycles. The summed E-state index contributed by atoms with van der Waals surface area (Å²) in [6.07, 6.45) is 0. The largest absolute Gasteiger partial charge is 0.507 e. The van der Waals surface area contributed by atoms with Gasteiger partial charge in [-0.15, -0.1) is 0 Å². The predicted molar refractivity (Wildman–Crippen MR) is 97.0 cm³/mol. The molecule has 3 aromatic carbocycles. The number of ether oxygens (including phenoxy) is 1. The van der Waals surface area contributed by atoms with Gasteiger partial charge >= 0.3 is 0 Å². The summed E-state index contributed by atoms with van der Waals surface area (Å²) in [5.41, 5.74) is 0.700. The molecule has 0 saturated carbocycles. The van der Waals surface area contributed by atoms with Crippen molar-refractivity contribution in [2.75, 3.05) is 7.11 Å². The van der Waals surface area contributed by atoms with Crippen molar-refractivity contribution in [3.8, 4) is 28.4 Å². The third-order valence-corrected chi connectivity index (χ3v) is 4.70. The maximum Gasteiger partial charge on any atom is 0.156 e. The Labute approximate surface area is 151 Å². The van der Waals surface area contributed by atoms with Gasteiger partial charge in [0.1, 0.15) is 11.5 Å². The van der Waals surface area contributed by atoms with E-state index in [0.717, 1.165) is 15.2 Å². The lowest BCUT2D eigenvalue weighted by Gasteiger charge is -2.16. The monoisotopic (exact) mass is 412 g/mol. The molecule has 0 amide bonds. The molecular weight excluding hydrogens is 403 g/mol. The van der Waals surface area contributed by atoms with Crippen LogP contribution in [-0.4, -0.2) is 17.3 Å². The van der Waals surface area contributed by atoms with Gasteiger partial charge in [-0.1, -0.05) is 51.3 Å². The van der Waals surface area contributed by atoms with Gasteiger partial charge in [0.05, 0.1) is 22.7 Å². The second kappa shape index (κ2) is 6.11. The molecule has 3 rings (SSSR count). The van der Waals surface area contributed by atoms with E-state index in [1.807, 2.05) is 18.2 Å². The van der Waals surface area contributed by atoms with Crippen LogP contribution in [-0.2, 0) is 0 Å². The van der Waals surface area contributed by atoms with Crippen molar-refractivity contribution >= 4 is 49.9 Å². The van der Waals surface area contributed by atoms with E-state index in [-0.39, 0.29) is 32.9 Å². The fourth-order valence-corrected chi connectivity index (χ4v) is 3.64. The molecule has 0 bridgehead atoms. The highest BCUT2D eigenvalue weighted by Gasteiger charge is 2.22. The minimum atomic E-state index is -0.133. The Kier molecular flexibility index (Phi) is 4.32. The highest BCUT2D eigenvalue weighted by Crippen LogP contribution is 2.50. The third kappa shape index (κ3) is 2.71. The Hall–Kier alpha value is -1.62. The van der Waals surface area contributed by atoms with E-state index < -0.39 is 0 Å². The summed E-state index contributed by atoms with van der Waals surface area (Å²) >= 11 is 15.8. The van der Waals surface area contributed by atoms with Crippen LogP contribution in [0.4, 0.5) is 0 Å². The van der Waals surface area contributed by atoms with E-state index >= 15 is 0 Å². The molecule has 0 heterocycles. The van der Waals surface area contributed by atoms with Crippen LogP contribution in [0.2, 0.25) is 10.0 Å². The highest BCUT2D eigenvalue weighted by molar-refractivity contribution is 9.10. The molecule has 0 aliphatic heterocycles.